The fourth-order valence-corrected chi connectivity index (χ4v) is 5.00. The number of ether oxygens (including phenoxy) is 2. The van der Waals surface area contributed by atoms with Crippen LogP contribution < -0.4 is 10.1 Å². The molecule has 3 rings (SSSR count). The van der Waals surface area contributed by atoms with Crippen LogP contribution in [0.15, 0.2) is 41.3 Å². The summed E-state index contributed by atoms with van der Waals surface area (Å²) < 4.78 is 37.7. The van der Waals surface area contributed by atoms with Crippen LogP contribution in [0.4, 0.5) is 5.69 Å². The van der Waals surface area contributed by atoms with Crippen LogP contribution in [-0.2, 0) is 19.6 Å². The van der Waals surface area contributed by atoms with E-state index in [0.29, 0.717) is 35.2 Å². The number of amides is 2. The van der Waals surface area contributed by atoms with Crippen molar-refractivity contribution >= 4 is 39.1 Å². The molecule has 9 nitrogen and oxygen atoms in total. The van der Waals surface area contributed by atoms with E-state index in [0.717, 1.165) is 0 Å². The monoisotopic (exact) mass is 495 g/mol. The number of morpholine rings is 1. The maximum Gasteiger partial charge on any atom is 0.254 e. The van der Waals surface area contributed by atoms with Gasteiger partial charge in [0, 0.05) is 30.7 Å². The van der Waals surface area contributed by atoms with Gasteiger partial charge in [-0.05, 0) is 42.8 Å². The molecule has 2 aromatic rings. The van der Waals surface area contributed by atoms with Crippen LogP contribution in [0.25, 0.3) is 0 Å². The van der Waals surface area contributed by atoms with E-state index in [4.69, 9.17) is 21.1 Å². The van der Waals surface area contributed by atoms with Crippen LogP contribution in [0.5, 0.6) is 5.75 Å². The van der Waals surface area contributed by atoms with Gasteiger partial charge in [0.2, 0.25) is 15.9 Å². The summed E-state index contributed by atoms with van der Waals surface area (Å²) in [4.78, 5) is 26.8. The van der Waals surface area contributed by atoms with Crippen molar-refractivity contribution in [3.63, 3.8) is 0 Å². The van der Waals surface area contributed by atoms with Gasteiger partial charge in [-0.1, -0.05) is 17.7 Å². The van der Waals surface area contributed by atoms with Crippen molar-refractivity contribution in [1.29, 1.82) is 0 Å². The lowest BCUT2D eigenvalue weighted by molar-refractivity contribution is -0.116. The largest absolute Gasteiger partial charge is 0.495 e. The second-order valence-electron chi connectivity index (χ2n) is 7.55. The van der Waals surface area contributed by atoms with Gasteiger partial charge in [-0.15, -0.1) is 0 Å². The van der Waals surface area contributed by atoms with Crippen molar-refractivity contribution in [3.05, 3.63) is 52.5 Å². The molecule has 1 saturated heterocycles. The molecule has 0 atom stereocenters. The number of aryl methyl sites for hydroxylation is 1. The highest BCUT2D eigenvalue weighted by atomic mass is 35.5. The lowest BCUT2D eigenvalue weighted by atomic mass is 10.1. The minimum absolute atomic E-state index is 0.0277. The summed E-state index contributed by atoms with van der Waals surface area (Å²) in [5, 5.41) is 3.10. The zero-order chi connectivity index (χ0) is 24.2. The van der Waals surface area contributed by atoms with E-state index in [1.807, 2.05) is 0 Å². The number of carbonyl (C=O) groups is 2. The highest BCUT2D eigenvalue weighted by Gasteiger charge is 2.28. The third kappa shape index (κ3) is 5.83. The van der Waals surface area contributed by atoms with Crippen LogP contribution in [0.3, 0.4) is 0 Å². The fraction of sp³-hybridized carbons (Fsp3) is 0.364. The summed E-state index contributed by atoms with van der Waals surface area (Å²) in [7, 11) is -0.820. The van der Waals surface area contributed by atoms with Crippen LogP contribution in [0, 0.1) is 6.92 Å². The predicted molar refractivity (Wildman–Crippen MR) is 124 cm³/mol. The number of rotatable bonds is 7. The Morgan fingerprint density at radius 2 is 1.88 bits per heavy atom. The highest BCUT2D eigenvalue weighted by Crippen LogP contribution is 2.27. The minimum Gasteiger partial charge on any atom is -0.495 e. The standard InChI is InChI=1S/C22H26ClN3O6S/c1-15-4-6-17(33(29,30)26-8-10-32-11-9-26)13-18(15)22(28)25(2)14-21(27)24-19-12-16(23)5-7-20(19)31-3/h4-7,12-13H,8-11,14H2,1-3H3,(H,24,27). The Morgan fingerprint density at radius 1 is 1.18 bits per heavy atom. The van der Waals surface area contributed by atoms with Gasteiger partial charge >= 0.3 is 0 Å². The SMILES string of the molecule is COc1ccc(Cl)cc1NC(=O)CN(C)C(=O)c1cc(S(=O)(=O)N2CCOCC2)ccc1C. The van der Waals surface area contributed by atoms with E-state index in [-0.39, 0.29) is 30.1 Å². The van der Waals surface area contributed by atoms with Crippen molar-refractivity contribution in [2.45, 2.75) is 11.8 Å². The summed E-state index contributed by atoms with van der Waals surface area (Å²) in [5.74, 6) is -0.500. The van der Waals surface area contributed by atoms with Crippen LogP contribution >= 0.6 is 11.6 Å². The van der Waals surface area contributed by atoms with E-state index in [2.05, 4.69) is 5.32 Å². The predicted octanol–water partition coefficient (Wildman–Crippen LogP) is 2.39. The average molecular weight is 496 g/mol. The molecule has 178 valence electrons. The number of likely N-dealkylation sites (N-methyl/N-ethyl adjacent to an activating group) is 1. The van der Waals surface area contributed by atoms with Gasteiger partial charge in [0.05, 0.1) is 37.5 Å². The summed E-state index contributed by atoms with van der Waals surface area (Å²) in [6, 6.07) is 9.23. The Labute approximate surface area is 198 Å². The van der Waals surface area contributed by atoms with Crippen molar-refractivity contribution in [1.82, 2.24) is 9.21 Å². The zero-order valence-corrected chi connectivity index (χ0v) is 20.2. The molecular formula is C22H26ClN3O6S. The normalized spacial score (nSPS) is 14.5. The molecule has 1 aliphatic heterocycles. The number of anilines is 1. The zero-order valence-electron chi connectivity index (χ0n) is 18.6. The number of halogens is 1. The summed E-state index contributed by atoms with van der Waals surface area (Å²) in [6.07, 6.45) is 0. The minimum atomic E-state index is -3.76. The molecule has 0 aliphatic carbocycles. The van der Waals surface area contributed by atoms with E-state index in [1.54, 1.807) is 31.2 Å². The number of hydrogen-bond acceptors (Lipinski definition) is 6. The molecule has 2 aromatic carbocycles. The second-order valence-corrected chi connectivity index (χ2v) is 9.92. The van der Waals surface area contributed by atoms with E-state index in [9.17, 15) is 18.0 Å². The molecule has 0 aromatic heterocycles. The van der Waals surface area contributed by atoms with Gasteiger partial charge in [0.15, 0.2) is 0 Å². The van der Waals surface area contributed by atoms with Crippen LogP contribution in [0.1, 0.15) is 15.9 Å². The number of methoxy groups -OCH3 is 1. The van der Waals surface area contributed by atoms with Crippen LogP contribution in [-0.4, -0.2) is 76.4 Å². The summed E-state index contributed by atoms with van der Waals surface area (Å²) >= 11 is 5.99. The Hall–Kier alpha value is -2.66. The maximum atomic E-state index is 13.1. The lowest BCUT2D eigenvalue weighted by Gasteiger charge is -2.26. The third-order valence-corrected chi connectivity index (χ3v) is 7.34. The summed E-state index contributed by atoms with van der Waals surface area (Å²) in [5.41, 5.74) is 1.19. The molecule has 1 heterocycles. The van der Waals surface area contributed by atoms with Crippen molar-refractivity contribution < 1.29 is 27.5 Å². The van der Waals surface area contributed by atoms with E-state index < -0.39 is 21.8 Å². The molecule has 1 fully saturated rings. The molecule has 0 radical (unpaired) electrons. The molecule has 0 saturated carbocycles. The van der Waals surface area contributed by atoms with Gasteiger partial charge < -0.3 is 19.7 Å². The van der Waals surface area contributed by atoms with Crippen LogP contribution in [0.2, 0.25) is 5.02 Å². The van der Waals surface area contributed by atoms with Crippen molar-refractivity contribution in [2.75, 3.05) is 52.3 Å². The second kappa shape index (κ2) is 10.5. The fourth-order valence-electron chi connectivity index (χ4n) is 3.39. The van der Waals surface area contributed by atoms with Crippen molar-refractivity contribution in [2.24, 2.45) is 0 Å². The van der Waals surface area contributed by atoms with Gasteiger partial charge in [-0.2, -0.15) is 4.31 Å². The Kier molecular flexibility index (Phi) is 7.96. The topological polar surface area (TPSA) is 105 Å². The molecule has 11 heteroatoms. The molecule has 33 heavy (non-hydrogen) atoms. The Balaban J connectivity index is 1.75. The third-order valence-electron chi connectivity index (χ3n) is 5.21. The van der Waals surface area contributed by atoms with Gasteiger partial charge in [-0.25, -0.2) is 8.42 Å². The first-order valence-electron chi connectivity index (χ1n) is 10.2. The first-order valence-corrected chi connectivity index (χ1v) is 12.0. The van der Waals surface area contributed by atoms with Gasteiger partial charge in [0.25, 0.3) is 5.91 Å². The number of carbonyl (C=O) groups excluding carboxylic acids is 2. The summed E-state index contributed by atoms with van der Waals surface area (Å²) in [6.45, 7) is 2.62. The lowest BCUT2D eigenvalue weighted by Crippen LogP contribution is -2.40. The van der Waals surface area contributed by atoms with Gasteiger partial charge in [0.1, 0.15) is 5.75 Å². The maximum absolute atomic E-state index is 13.1. The Bertz CT molecular complexity index is 1150. The molecule has 0 spiro atoms. The van der Waals surface area contributed by atoms with Crippen molar-refractivity contribution in [3.8, 4) is 5.75 Å². The number of nitrogens with zero attached hydrogens (tertiary/aromatic N) is 2. The first-order chi connectivity index (χ1) is 15.6. The highest BCUT2D eigenvalue weighted by molar-refractivity contribution is 7.89. The molecule has 2 amide bonds. The molecule has 1 N–H and O–H groups in total. The molecule has 1 aliphatic rings. The molecular weight excluding hydrogens is 470 g/mol. The smallest absolute Gasteiger partial charge is 0.254 e. The Morgan fingerprint density at radius 3 is 2.55 bits per heavy atom. The number of nitrogens with one attached hydrogen (secondary N) is 1. The van der Waals surface area contributed by atoms with Gasteiger partial charge in [-0.3, -0.25) is 9.59 Å². The number of sulfonamides is 1. The average Bonchev–Trinajstić information content (AvgIpc) is 2.79. The van der Waals surface area contributed by atoms with E-state index in [1.165, 1.54) is 35.5 Å². The quantitative estimate of drug-likeness (QED) is 0.632. The number of benzene rings is 2. The number of hydrogen-bond donors (Lipinski definition) is 1. The molecule has 0 unspecified atom stereocenters. The van der Waals surface area contributed by atoms with E-state index >= 15 is 0 Å². The molecule has 0 bridgehead atoms. The first kappa shape index (κ1) is 25.0.